The third-order valence-electron chi connectivity index (χ3n) is 2.75. The van der Waals surface area contributed by atoms with E-state index in [1.54, 1.807) is 12.1 Å². The van der Waals surface area contributed by atoms with Gasteiger partial charge in [0.05, 0.1) is 13.3 Å². The maximum atomic E-state index is 13.7. The summed E-state index contributed by atoms with van der Waals surface area (Å²) in [5.41, 5.74) is 12.8. The number of hydrogen-bond acceptors (Lipinski definition) is 3. The summed E-state index contributed by atoms with van der Waals surface area (Å²) in [6, 6.07) is 12.2. The number of ether oxygens (including phenoxy) is 1. The highest BCUT2D eigenvalue weighted by Gasteiger charge is 2.05. The highest BCUT2D eigenvalue weighted by atomic mass is 19.1. The van der Waals surface area contributed by atoms with Gasteiger partial charge < -0.3 is 16.2 Å². The van der Waals surface area contributed by atoms with E-state index in [4.69, 9.17) is 16.2 Å². The van der Waals surface area contributed by atoms with Crippen LogP contribution in [0, 0.1) is 5.82 Å². The smallest absolute Gasteiger partial charge is 0.211 e. The van der Waals surface area contributed by atoms with E-state index in [1.165, 1.54) is 19.4 Å². The Kier molecular flexibility index (Phi) is 4.50. The van der Waals surface area contributed by atoms with Crippen molar-refractivity contribution >= 4 is 12.2 Å². The number of methoxy groups -OCH3 is 1. The molecular formula is C15H15FN4O. The fraction of sp³-hybridized carbons (Fsp3) is 0.0667. The Labute approximate surface area is 121 Å². The van der Waals surface area contributed by atoms with Crippen LogP contribution in [0.4, 0.5) is 4.39 Å². The number of rotatable bonds is 4. The zero-order valence-corrected chi connectivity index (χ0v) is 11.5. The molecule has 0 aromatic heterocycles. The topological polar surface area (TPSA) is 86.0 Å². The van der Waals surface area contributed by atoms with Crippen LogP contribution in [0.3, 0.4) is 0 Å². The van der Waals surface area contributed by atoms with Crippen LogP contribution in [-0.2, 0) is 0 Å². The molecule has 2 aromatic carbocycles. The SMILES string of the molecule is COc1ccc(-c2cccc(C=NN=C(N)N)c2)cc1F. The first-order valence-electron chi connectivity index (χ1n) is 6.16. The van der Waals surface area contributed by atoms with Gasteiger partial charge in [0, 0.05) is 0 Å². The van der Waals surface area contributed by atoms with Crippen molar-refractivity contribution in [3.8, 4) is 16.9 Å². The molecule has 0 amide bonds. The summed E-state index contributed by atoms with van der Waals surface area (Å²) in [5.74, 6) is -0.307. The first-order valence-corrected chi connectivity index (χ1v) is 6.16. The molecule has 0 aliphatic rings. The number of benzene rings is 2. The van der Waals surface area contributed by atoms with Crippen LogP contribution in [-0.4, -0.2) is 19.3 Å². The monoisotopic (exact) mass is 286 g/mol. The maximum absolute atomic E-state index is 13.7. The lowest BCUT2D eigenvalue weighted by atomic mass is 10.0. The molecule has 2 aromatic rings. The Morgan fingerprint density at radius 1 is 1.14 bits per heavy atom. The van der Waals surface area contributed by atoms with Crippen molar-refractivity contribution in [2.75, 3.05) is 7.11 Å². The molecule has 0 aliphatic carbocycles. The summed E-state index contributed by atoms with van der Waals surface area (Å²) in [6.07, 6.45) is 1.52. The first-order chi connectivity index (χ1) is 10.1. The van der Waals surface area contributed by atoms with Crippen molar-refractivity contribution in [3.05, 3.63) is 53.8 Å². The molecule has 0 spiro atoms. The molecule has 0 fully saturated rings. The lowest BCUT2D eigenvalue weighted by Crippen LogP contribution is -2.21. The number of nitrogens with two attached hydrogens (primary N) is 2. The predicted octanol–water partition coefficient (Wildman–Crippen LogP) is 2.11. The lowest BCUT2D eigenvalue weighted by Gasteiger charge is -2.06. The summed E-state index contributed by atoms with van der Waals surface area (Å²) in [6.45, 7) is 0. The lowest BCUT2D eigenvalue weighted by molar-refractivity contribution is 0.386. The Morgan fingerprint density at radius 3 is 2.57 bits per heavy atom. The minimum atomic E-state index is -0.408. The van der Waals surface area contributed by atoms with E-state index in [-0.39, 0.29) is 11.7 Å². The van der Waals surface area contributed by atoms with Gasteiger partial charge in [-0.15, -0.1) is 5.10 Å². The van der Waals surface area contributed by atoms with Gasteiger partial charge >= 0.3 is 0 Å². The molecule has 0 aliphatic heterocycles. The third kappa shape index (κ3) is 3.79. The average Bonchev–Trinajstić information content (AvgIpc) is 2.47. The standard InChI is InChI=1S/C15H15FN4O/c1-21-14-6-5-12(8-13(14)16)11-4-2-3-10(7-11)9-19-20-15(17)18/h2-9H,1H3,(H4,17,18,20). The number of hydrogen-bond donors (Lipinski definition) is 2. The summed E-state index contributed by atoms with van der Waals surface area (Å²) in [7, 11) is 1.43. The van der Waals surface area contributed by atoms with E-state index in [9.17, 15) is 4.39 Å². The van der Waals surface area contributed by atoms with Crippen molar-refractivity contribution in [1.29, 1.82) is 0 Å². The average molecular weight is 286 g/mol. The second-order valence-electron chi connectivity index (χ2n) is 4.24. The van der Waals surface area contributed by atoms with E-state index in [1.807, 2.05) is 24.3 Å². The van der Waals surface area contributed by atoms with Gasteiger partial charge in [-0.05, 0) is 34.9 Å². The molecule has 2 rings (SSSR count). The van der Waals surface area contributed by atoms with Gasteiger partial charge in [-0.2, -0.15) is 5.10 Å². The minimum absolute atomic E-state index is 0.111. The van der Waals surface area contributed by atoms with Crippen LogP contribution < -0.4 is 16.2 Å². The van der Waals surface area contributed by atoms with Crippen molar-refractivity contribution in [2.24, 2.45) is 21.7 Å². The molecule has 0 unspecified atom stereocenters. The Morgan fingerprint density at radius 2 is 1.90 bits per heavy atom. The van der Waals surface area contributed by atoms with Gasteiger partial charge in [0.15, 0.2) is 11.6 Å². The van der Waals surface area contributed by atoms with E-state index in [0.717, 1.165) is 16.7 Å². The molecule has 5 nitrogen and oxygen atoms in total. The second kappa shape index (κ2) is 6.51. The van der Waals surface area contributed by atoms with Gasteiger partial charge in [-0.25, -0.2) is 4.39 Å². The van der Waals surface area contributed by atoms with Gasteiger partial charge in [-0.1, -0.05) is 24.3 Å². The van der Waals surface area contributed by atoms with E-state index >= 15 is 0 Å². The quantitative estimate of drug-likeness (QED) is 0.512. The van der Waals surface area contributed by atoms with Crippen molar-refractivity contribution < 1.29 is 9.13 Å². The molecule has 21 heavy (non-hydrogen) atoms. The number of nitrogens with zero attached hydrogens (tertiary/aromatic N) is 2. The predicted molar refractivity (Wildman–Crippen MR) is 81.8 cm³/mol. The van der Waals surface area contributed by atoms with Crippen molar-refractivity contribution in [2.45, 2.75) is 0 Å². The molecule has 0 heterocycles. The third-order valence-corrected chi connectivity index (χ3v) is 2.75. The van der Waals surface area contributed by atoms with Crippen LogP contribution in [0.2, 0.25) is 0 Å². The van der Waals surface area contributed by atoms with Crippen LogP contribution in [0.15, 0.2) is 52.7 Å². The summed E-state index contributed by atoms with van der Waals surface area (Å²) in [5, 5.41) is 7.26. The van der Waals surface area contributed by atoms with Crippen LogP contribution in [0.25, 0.3) is 11.1 Å². The molecule has 108 valence electrons. The summed E-state index contributed by atoms with van der Waals surface area (Å²) >= 11 is 0. The van der Waals surface area contributed by atoms with E-state index in [0.29, 0.717) is 0 Å². The first kappa shape index (κ1) is 14.5. The Hall–Kier alpha value is -2.89. The minimum Gasteiger partial charge on any atom is -0.494 e. The molecular weight excluding hydrogens is 271 g/mol. The van der Waals surface area contributed by atoms with Crippen LogP contribution in [0.5, 0.6) is 5.75 Å². The highest BCUT2D eigenvalue weighted by Crippen LogP contribution is 2.25. The molecule has 6 heteroatoms. The van der Waals surface area contributed by atoms with Crippen LogP contribution >= 0.6 is 0 Å². The van der Waals surface area contributed by atoms with Crippen molar-refractivity contribution in [1.82, 2.24) is 0 Å². The van der Waals surface area contributed by atoms with Crippen molar-refractivity contribution in [3.63, 3.8) is 0 Å². The Bertz CT molecular complexity index is 694. The number of halogens is 1. The van der Waals surface area contributed by atoms with Gasteiger partial charge in [0.1, 0.15) is 0 Å². The Balaban J connectivity index is 2.31. The molecule has 0 bridgehead atoms. The van der Waals surface area contributed by atoms with Gasteiger partial charge in [0.25, 0.3) is 0 Å². The molecule has 0 saturated heterocycles. The molecule has 0 radical (unpaired) electrons. The molecule has 0 saturated carbocycles. The van der Waals surface area contributed by atoms with E-state index < -0.39 is 5.82 Å². The van der Waals surface area contributed by atoms with E-state index in [2.05, 4.69) is 10.2 Å². The maximum Gasteiger partial charge on any atom is 0.211 e. The molecule has 4 N–H and O–H groups in total. The summed E-state index contributed by atoms with van der Waals surface area (Å²) in [4.78, 5) is 0. The van der Waals surface area contributed by atoms with Gasteiger partial charge in [0.2, 0.25) is 5.96 Å². The number of guanidine groups is 1. The zero-order valence-electron chi connectivity index (χ0n) is 11.5. The fourth-order valence-electron chi connectivity index (χ4n) is 1.81. The summed E-state index contributed by atoms with van der Waals surface area (Å²) < 4.78 is 18.6. The zero-order chi connectivity index (χ0) is 15.2. The molecule has 0 atom stereocenters. The normalized spacial score (nSPS) is 10.6. The highest BCUT2D eigenvalue weighted by molar-refractivity contribution is 5.83. The van der Waals surface area contributed by atoms with Crippen LogP contribution in [0.1, 0.15) is 5.56 Å². The fourth-order valence-corrected chi connectivity index (χ4v) is 1.81. The van der Waals surface area contributed by atoms with Gasteiger partial charge in [-0.3, -0.25) is 0 Å². The second-order valence-corrected chi connectivity index (χ2v) is 4.24. The largest absolute Gasteiger partial charge is 0.494 e.